The molecular weight excluding hydrogens is 378 g/mol. The number of aliphatic carboxylic acids is 1. The van der Waals surface area contributed by atoms with E-state index in [1.807, 2.05) is 6.07 Å². The van der Waals surface area contributed by atoms with Crippen LogP contribution >= 0.6 is 31.9 Å². The Labute approximate surface area is 127 Å². The number of hydrogen-bond acceptors (Lipinski definition) is 2. The molecule has 6 heteroatoms. The molecule has 1 saturated carbocycles. The highest BCUT2D eigenvalue weighted by Crippen LogP contribution is 2.35. The van der Waals surface area contributed by atoms with Crippen molar-refractivity contribution in [3.05, 3.63) is 32.7 Å². The minimum atomic E-state index is -0.879. The minimum Gasteiger partial charge on any atom is -0.481 e. The second-order valence-corrected chi connectivity index (χ2v) is 6.65. The van der Waals surface area contributed by atoms with Crippen LogP contribution < -0.4 is 5.32 Å². The first-order chi connectivity index (χ1) is 8.90. The Morgan fingerprint density at radius 1 is 1.21 bits per heavy atom. The third-order valence-corrected chi connectivity index (χ3v) is 4.22. The maximum absolute atomic E-state index is 12.2. The Balaban J connectivity index is 2.13. The summed E-state index contributed by atoms with van der Waals surface area (Å²) in [6.45, 7) is 0. The van der Waals surface area contributed by atoms with Crippen LogP contribution in [0.5, 0.6) is 0 Å². The fourth-order valence-corrected chi connectivity index (χ4v) is 3.53. The second kappa shape index (κ2) is 5.63. The van der Waals surface area contributed by atoms with Crippen molar-refractivity contribution in [1.82, 2.24) is 5.32 Å². The van der Waals surface area contributed by atoms with Gasteiger partial charge in [-0.3, -0.25) is 9.59 Å². The first kappa shape index (κ1) is 14.5. The minimum absolute atomic E-state index is 0.0199. The summed E-state index contributed by atoms with van der Waals surface area (Å²) in [7, 11) is 0. The van der Waals surface area contributed by atoms with E-state index in [-0.39, 0.29) is 12.3 Å². The van der Waals surface area contributed by atoms with Crippen LogP contribution in [0.2, 0.25) is 0 Å². The Bertz CT molecular complexity index is 506. The third-order valence-electron chi connectivity index (χ3n) is 3.30. The molecule has 0 aromatic heterocycles. The summed E-state index contributed by atoms with van der Waals surface area (Å²) in [6, 6.07) is 5.27. The molecule has 1 amide bonds. The van der Waals surface area contributed by atoms with Gasteiger partial charge in [-0.1, -0.05) is 31.9 Å². The first-order valence-corrected chi connectivity index (χ1v) is 7.49. The van der Waals surface area contributed by atoms with E-state index >= 15 is 0 Å². The normalized spacial score (nSPS) is 16.5. The summed E-state index contributed by atoms with van der Waals surface area (Å²) in [5.41, 5.74) is -0.0598. The molecule has 0 atom stereocenters. The van der Waals surface area contributed by atoms with Crippen LogP contribution in [0.1, 0.15) is 36.0 Å². The molecule has 1 aromatic rings. The van der Waals surface area contributed by atoms with Crippen LogP contribution in [0.25, 0.3) is 0 Å². The summed E-state index contributed by atoms with van der Waals surface area (Å²) in [4.78, 5) is 23.1. The molecule has 2 N–H and O–H groups in total. The number of halogens is 2. The van der Waals surface area contributed by atoms with Gasteiger partial charge in [-0.25, -0.2) is 0 Å². The van der Waals surface area contributed by atoms with E-state index < -0.39 is 11.5 Å². The van der Waals surface area contributed by atoms with Gasteiger partial charge < -0.3 is 10.4 Å². The Morgan fingerprint density at radius 3 is 2.21 bits per heavy atom. The van der Waals surface area contributed by atoms with E-state index in [1.165, 1.54) is 0 Å². The number of amides is 1. The van der Waals surface area contributed by atoms with E-state index in [9.17, 15) is 9.59 Å². The molecule has 102 valence electrons. The van der Waals surface area contributed by atoms with Gasteiger partial charge in [0, 0.05) is 14.5 Å². The quantitative estimate of drug-likeness (QED) is 0.828. The lowest BCUT2D eigenvalue weighted by Gasteiger charge is -2.41. The van der Waals surface area contributed by atoms with Gasteiger partial charge in [0.1, 0.15) is 0 Å². The average Bonchev–Trinajstić information content (AvgIpc) is 2.23. The molecule has 0 saturated heterocycles. The molecule has 0 radical (unpaired) electrons. The molecular formula is C13H13Br2NO3. The number of hydrogen-bond donors (Lipinski definition) is 2. The number of nitrogens with one attached hydrogen (secondary N) is 1. The zero-order chi connectivity index (χ0) is 14.0. The van der Waals surface area contributed by atoms with E-state index in [0.29, 0.717) is 5.56 Å². The fourth-order valence-electron chi connectivity index (χ4n) is 2.24. The van der Waals surface area contributed by atoms with E-state index in [1.54, 1.807) is 12.1 Å². The molecule has 2 rings (SSSR count). The molecule has 0 aliphatic heterocycles. The zero-order valence-electron chi connectivity index (χ0n) is 10.1. The molecule has 1 aliphatic rings. The van der Waals surface area contributed by atoms with Crippen molar-refractivity contribution in [1.29, 1.82) is 0 Å². The number of carboxylic acid groups (broad SMARTS) is 1. The number of rotatable bonds is 4. The van der Waals surface area contributed by atoms with Gasteiger partial charge in [0.25, 0.3) is 5.91 Å². The second-order valence-electron chi connectivity index (χ2n) is 4.82. The zero-order valence-corrected chi connectivity index (χ0v) is 13.3. The monoisotopic (exact) mass is 389 g/mol. The van der Waals surface area contributed by atoms with Crippen molar-refractivity contribution in [2.45, 2.75) is 31.2 Å². The molecule has 0 heterocycles. The highest BCUT2D eigenvalue weighted by Gasteiger charge is 2.40. The smallest absolute Gasteiger partial charge is 0.305 e. The molecule has 0 bridgehead atoms. The van der Waals surface area contributed by atoms with Gasteiger partial charge in [-0.15, -0.1) is 0 Å². The molecule has 0 unspecified atom stereocenters. The van der Waals surface area contributed by atoms with Crippen molar-refractivity contribution in [2.75, 3.05) is 0 Å². The first-order valence-electron chi connectivity index (χ1n) is 5.91. The van der Waals surface area contributed by atoms with Gasteiger partial charge in [-0.2, -0.15) is 0 Å². The molecule has 0 spiro atoms. The Morgan fingerprint density at radius 2 is 1.79 bits per heavy atom. The summed E-state index contributed by atoms with van der Waals surface area (Å²) in [6.07, 6.45) is 2.38. The lowest BCUT2D eigenvalue weighted by molar-refractivity contribution is -0.139. The maximum atomic E-state index is 12.2. The maximum Gasteiger partial charge on any atom is 0.305 e. The lowest BCUT2D eigenvalue weighted by Crippen LogP contribution is -2.54. The van der Waals surface area contributed by atoms with Crippen molar-refractivity contribution in [3.63, 3.8) is 0 Å². The third kappa shape index (κ3) is 3.57. The van der Waals surface area contributed by atoms with Crippen molar-refractivity contribution >= 4 is 43.7 Å². The number of carboxylic acids is 1. The van der Waals surface area contributed by atoms with Crippen LogP contribution in [-0.4, -0.2) is 22.5 Å². The Hall–Kier alpha value is -0.880. The van der Waals surface area contributed by atoms with Crippen LogP contribution in [0, 0.1) is 0 Å². The largest absolute Gasteiger partial charge is 0.481 e. The fraction of sp³-hybridized carbons (Fsp3) is 0.385. The standard InChI is InChI=1S/C13H13Br2NO3/c14-9-4-8(5-10(15)6-9)12(19)16-13(2-1-3-13)7-11(17)18/h4-6H,1-3,7H2,(H,16,19)(H,17,18). The van der Waals surface area contributed by atoms with E-state index in [4.69, 9.17) is 5.11 Å². The molecule has 1 aromatic carbocycles. The molecule has 19 heavy (non-hydrogen) atoms. The van der Waals surface area contributed by atoms with Crippen molar-refractivity contribution in [2.24, 2.45) is 0 Å². The summed E-state index contributed by atoms with van der Waals surface area (Å²) in [5.74, 6) is -1.11. The van der Waals surface area contributed by atoms with Crippen LogP contribution in [0.15, 0.2) is 27.1 Å². The van der Waals surface area contributed by atoms with Crippen molar-refractivity contribution in [3.8, 4) is 0 Å². The lowest BCUT2D eigenvalue weighted by atomic mass is 9.74. The van der Waals surface area contributed by atoms with E-state index in [0.717, 1.165) is 28.2 Å². The number of benzene rings is 1. The Kier molecular flexibility index (Phi) is 4.30. The predicted molar refractivity (Wildman–Crippen MR) is 78.1 cm³/mol. The van der Waals surface area contributed by atoms with Crippen LogP contribution in [0.3, 0.4) is 0 Å². The van der Waals surface area contributed by atoms with Gasteiger partial charge in [0.2, 0.25) is 0 Å². The van der Waals surface area contributed by atoms with Crippen molar-refractivity contribution < 1.29 is 14.7 Å². The average molecular weight is 391 g/mol. The number of carbonyl (C=O) groups is 2. The van der Waals surface area contributed by atoms with Crippen LogP contribution in [-0.2, 0) is 4.79 Å². The van der Waals surface area contributed by atoms with E-state index in [2.05, 4.69) is 37.2 Å². The molecule has 1 fully saturated rings. The molecule has 1 aliphatic carbocycles. The van der Waals surface area contributed by atoms with Crippen LogP contribution in [0.4, 0.5) is 0 Å². The van der Waals surface area contributed by atoms with Gasteiger partial charge in [0.15, 0.2) is 0 Å². The topological polar surface area (TPSA) is 66.4 Å². The predicted octanol–water partition coefficient (Wildman–Crippen LogP) is 3.34. The number of carbonyl (C=O) groups excluding carboxylic acids is 1. The summed E-state index contributed by atoms with van der Waals surface area (Å²) < 4.78 is 1.60. The highest BCUT2D eigenvalue weighted by atomic mass is 79.9. The highest BCUT2D eigenvalue weighted by molar-refractivity contribution is 9.11. The SMILES string of the molecule is O=C(O)CC1(NC(=O)c2cc(Br)cc(Br)c2)CCC1. The van der Waals surface area contributed by atoms with Gasteiger partial charge in [-0.05, 0) is 37.5 Å². The van der Waals surface area contributed by atoms with Gasteiger partial charge in [0.05, 0.1) is 12.0 Å². The summed E-state index contributed by atoms with van der Waals surface area (Å²) in [5, 5.41) is 11.8. The van der Waals surface area contributed by atoms with Gasteiger partial charge >= 0.3 is 5.97 Å². The summed E-state index contributed by atoms with van der Waals surface area (Å²) >= 11 is 6.66. The molecule has 4 nitrogen and oxygen atoms in total.